The summed E-state index contributed by atoms with van der Waals surface area (Å²) in [5.41, 5.74) is 5.51. The monoisotopic (exact) mass is 253 g/mol. The van der Waals surface area contributed by atoms with E-state index in [9.17, 15) is 0 Å². The molecule has 2 rings (SSSR count). The Morgan fingerprint density at radius 3 is 2.16 bits per heavy atom. The minimum absolute atomic E-state index is 1.02. The molecule has 0 N–H and O–H groups in total. The van der Waals surface area contributed by atoms with Crippen molar-refractivity contribution in [2.24, 2.45) is 0 Å². The Morgan fingerprint density at radius 2 is 1.58 bits per heavy atom. The van der Waals surface area contributed by atoms with Gasteiger partial charge < -0.3 is 4.90 Å². The lowest BCUT2D eigenvalue weighted by atomic mass is 10.00. The van der Waals surface area contributed by atoms with Crippen molar-refractivity contribution in [3.05, 3.63) is 65.2 Å². The van der Waals surface area contributed by atoms with Crippen molar-refractivity contribution in [1.29, 1.82) is 0 Å². The van der Waals surface area contributed by atoms with Crippen LogP contribution in [0, 0.1) is 6.92 Å². The topological polar surface area (TPSA) is 3.24 Å². The second kappa shape index (κ2) is 6.42. The molecule has 0 atom stereocenters. The van der Waals surface area contributed by atoms with Crippen molar-refractivity contribution in [1.82, 2.24) is 0 Å². The minimum Gasteiger partial charge on any atom is -0.372 e. The van der Waals surface area contributed by atoms with Crippen molar-refractivity contribution in [3.63, 3.8) is 0 Å². The Bertz CT molecular complexity index is 512. The molecule has 0 spiro atoms. The number of anilines is 1. The molecule has 19 heavy (non-hydrogen) atoms. The highest BCUT2D eigenvalue weighted by Gasteiger charge is 2.05. The largest absolute Gasteiger partial charge is 0.372 e. The molecule has 0 unspecified atom stereocenters. The first-order chi connectivity index (χ1) is 9.24. The van der Waals surface area contributed by atoms with Gasteiger partial charge in [0.25, 0.3) is 0 Å². The third-order valence-corrected chi connectivity index (χ3v) is 3.69. The molecule has 2 aromatic rings. The molecule has 0 aromatic heterocycles. The van der Waals surface area contributed by atoms with Crippen LogP contribution >= 0.6 is 0 Å². The van der Waals surface area contributed by atoms with E-state index in [1.54, 1.807) is 0 Å². The number of hydrogen-bond donors (Lipinski definition) is 0. The summed E-state index contributed by atoms with van der Waals surface area (Å²) in [6.07, 6.45) is 1.02. The van der Waals surface area contributed by atoms with E-state index in [-0.39, 0.29) is 0 Å². The van der Waals surface area contributed by atoms with Crippen molar-refractivity contribution >= 4 is 5.69 Å². The van der Waals surface area contributed by atoms with Gasteiger partial charge in [-0.1, -0.05) is 36.4 Å². The van der Waals surface area contributed by atoms with Crippen LogP contribution in [-0.2, 0) is 6.42 Å². The van der Waals surface area contributed by atoms with Crippen LogP contribution in [0.25, 0.3) is 0 Å². The zero-order valence-electron chi connectivity index (χ0n) is 12.2. The molecule has 0 heterocycles. The van der Waals surface area contributed by atoms with E-state index >= 15 is 0 Å². The van der Waals surface area contributed by atoms with Crippen molar-refractivity contribution < 1.29 is 0 Å². The summed E-state index contributed by atoms with van der Waals surface area (Å²) in [4.78, 5) is 2.39. The molecule has 0 saturated carbocycles. The third kappa shape index (κ3) is 3.37. The van der Waals surface area contributed by atoms with Crippen LogP contribution in [0.15, 0.2) is 48.5 Å². The van der Waals surface area contributed by atoms with E-state index in [0.29, 0.717) is 0 Å². The van der Waals surface area contributed by atoms with Gasteiger partial charge in [-0.3, -0.25) is 0 Å². The fourth-order valence-electron chi connectivity index (χ4n) is 2.48. The Morgan fingerprint density at radius 1 is 0.895 bits per heavy atom. The standard InChI is InChI=1S/C18H23N/c1-4-19(5-2)18-12-11-17(15(3)13-18)14-16-9-7-6-8-10-16/h6-13H,4-5,14H2,1-3H3. The molecule has 0 radical (unpaired) electrons. The van der Waals surface area contributed by atoms with E-state index in [4.69, 9.17) is 0 Å². The van der Waals surface area contributed by atoms with Gasteiger partial charge >= 0.3 is 0 Å². The molecule has 0 bridgehead atoms. The second-order valence-electron chi connectivity index (χ2n) is 4.95. The molecule has 0 aliphatic carbocycles. The summed E-state index contributed by atoms with van der Waals surface area (Å²) < 4.78 is 0. The van der Waals surface area contributed by atoms with Gasteiger partial charge in [0, 0.05) is 18.8 Å². The summed E-state index contributed by atoms with van der Waals surface area (Å²) in [6, 6.07) is 17.5. The number of hydrogen-bond acceptors (Lipinski definition) is 1. The van der Waals surface area contributed by atoms with Gasteiger partial charge in [-0.2, -0.15) is 0 Å². The van der Waals surface area contributed by atoms with Gasteiger partial charge in [0.05, 0.1) is 0 Å². The Labute approximate surface area is 116 Å². The number of benzene rings is 2. The van der Waals surface area contributed by atoms with Gasteiger partial charge in [-0.15, -0.1) is 0 Å². The quantitative estimate of drug-likeness (QED) is 0.762. The molecule has 1 heteroatoms. The van der Waals surface area contributed by atoms with Gasteiger partial charge in [0.1, 0.15) is 0 Å². The SMILES string of the molecule is CCN(CC)c1ccc(Cc2ccccc2)c(C)c1. The van der Waals surface area contributed by atoms with E-state index < -0.39 is 0 Å². The zero-order valence-corrected chi connectivity index (χ0v) is 12.2. The maximum atomic E-state index is 2.39. The summed E-state index contributed by atoms with van der Waals surface area (Å²) in [6.45, 7) is 8.75. The summed E-state index contributed by atoms with van der Waals surface area (Å²) >= 11 is 0. The lowest BCUT2D eigenvalue weighted by molar-refractivity contribution is 0.864. The lowest BCUT2D eigenvalue weighted by Gasteiger charge is -2.22. The average Bonchev–Trinajstić information content (AvgIpc) is 2.44. The molecule has 0 aliphatic heterocycles. The highest BCUT2D eigenvalue weighted by molar-refractivity contribution is 5.51. The van der Waals surface area contributed by atoms with E-state index in [2.05, 4.69) is 74.2 Å². The highest BCUT2D eigenvalue weighted by Crippen LogP contribution is 2.21. The van der Waals surface area contributed by atoms with Crippen LogP contribution in [0.4, 0.5) is 5.69 Å². The predicted molar refractivity (Wildman–Crippen MR) is 84.0 cm³/mol. The van der Waals surface area contributed by atoms with Crippen LogP contribution in [0.2, 0.25) is 0 Å². The lowest BCUT2D eigenvalue weighted by Crippen LogP contribution is -2.21. The first-order valence-corrected chi connectivity index (χ1v) is 7.13. The first kappa shape index (κ1) is 13.7. The minimum atomic E-state index is 1.02. The number of rotatable bonds is 5. The molecule has 2 aromatic carbocycles. The van der Waals surface area contributed by atoms with Crippen LogP contribution in [0.1, 0.15) is 30.5 Å². The van der Waals surface area contributed by atoms with Crippen LogP contribution < -0.4 is 4.90 Å². The third-order valence-electron chi connectivity index (χ3n) is 3.69. The Hall–Kier alpha value is -1.76. The van der Waals surface area contributed by atoms with Crippen LogP contribution in [0.5, 0.6) is 0 Å². The number of aryl methyl sites for hydroxylation is 1. The smallest absolute Gasteiger partial charge is 0.0368 e. The first-order valence-electron chi connectivity index (χ1n) is 7.13. The molecule has 100 valence electrons. The van der Waals surface area contributed by atoms with Gasteiger partial charge in [0.2, 0.25) is 0 Å². The second-order valence-corrected chi connectivity index (χ2v) is 4.95. The summed E-state index contributed by atoms with van der Waals surface area (Å²) in [7, 11) is 0. The zero-order chi connectivity index (χ0) is 13.7. The molecule has 0 saturated heterocycles. The molecule has 1 nitrogen and oxygen atoms in total. The average molecular weight is 253 g/mol. The summed E-state index contributed by atoms with van der Waals surface area (Å²) in [5, 5.41) is 0. The molecular weight excluding hydrogens is 230 g/mol. The van der Waals surface area contributed by atoms with Crippen molar-refractivity contribution in [2.45, 2.75) is 27.2 Å². The fourth-order valence-corrected chi connectivity index (χ4v) is 2.48. The molecular formula is C18H23N. The molecule has 0 amide bonds. The molecule has 0 aliphatic rings. The van der Waals surface area contributed by atoms with Gasteiger partial charge in [-0.05, 0) is 56.0 Å². The fraction of sp³-hybridized carbons (Fsp3) is 0.333. The van der Waals surface area contributed by atoms with Crippen LogP contribution in [-0.4, -0.2) is 13.1 Å². The highest BCUT2D eigenvalue weighted by atomic mass is 15.1. The maximum Gasteiger partial charge on any atom is 0.0368 e. The van der Waals surface area contributed by atoms with E-state index in [1.165, 1.54) is 22.4 Å². The molecule has 0 fully saturated rings. The van der Waals surface area contributed by atoms with Gasteiger partial charge in [-0.25, -0.2) is 0 Å². The normalized spacial score (nSPS) is 10.5. The maximum absolute atomic E-state index is 2.39. The van der Waals surface area contributed by atoms with E-state index in [0.717, 1.165) is 19.5 Å². The predicted octanol–water partition coefficient (Wildman–Crippen LogP) is 4.43. The summed E-state index contributed by atoms with van der Waals surface area (Å²) in [5.74, 6) is 0. The van der Waals surface area contributed by atoms with E-state index in [1.807, 2.05) is 0 Å². The number of nitrogens with zero attached hydrogens (tertiary/aromatic N) is 1. The van der Waals surface area contributed by atoms with Gasteiger partial charge in [0.15, 0.2) is 0 Å². The van der Waals surface area contributed by atoms with Crippen molar-refractivity contribution in [3.8, 4) is 0 Å². The van der Waals surface area contributed by atoms with Crippen LogP contribution in [0.3, 0.4) is 0 Å². The Balaban J connectivity index is 2.20. The Kier molecular flexibility index (Phi) is 4.62. The van der Waals surface area contributed by atoms with Crippen molar-refractivity contribution in [2.75, 3.05) is 18.0 Å².